The van der Waals surface area contributed by atoms with Gasteiger partial charge in [0, 0.05) is 6.54 Å². The van der Waals surface area contributed by atoms with Gasteiger partial charge in [-0.2, -0.15) is 0 Å². The fourth-order valence-corrected chi connectivity index (χ4v) is 1.41. The van der Waals surface area contributed by atoms with Crippen LogP contribution < -0.4 is 5.73 Å². The quantitative estimate of drug-likeness (QED) is 0.684. The van der Waals surface area contributed by atoms with Crippen molar-refractivity contribution in [1.82, 2.24) is 0 Å². The number of nitrogens with two attached hydrogens (primary N) is 1. The lowest BCUT2D eigenvalue weighted by Crippen LogP contribution is -2.28. The first-order valence-electron chi connectivity index (χ1n) is 5.23. The van der Waals surface area contributed by atoms with Crippen LogP contribution in [0.4, 0.5) is 0 Å². The van der Waals surface area contributed by atoms with Gasteiger partial charge in [0.05, 0.1) is 12.2 Å². The van der Waals surface area contributed by atoms with Gasteiger partial charge in [0.15, 0.2) is 6.10 Å². The molecule has 3 atom stereocenters. The lowest BCUT2D eigenvalue weighted by atomic mass is 10.2. The minimum absolute atomic E-state index is 0.0250. The summed E-state index contributed by atoms with van der Waals surface area (Å²) in [4.78, 5) is 11.5. The van der Waals surface area contributed by atoms with Crippen molar-refractivity contribution in [3.63, 3.8) is 0 Å². The zero-order chi connectivity index (χ0) is 10.6. The third-order valence-electron chi connectivity index (χ3n) is 2.53. The smallest absolute Gasteiger partial charge is 0.335 e. The Labute approximate surface area is 84.7 Å². The Morgan fingerprint density at radius 1 is 1.64 bits per heavy atom. The number of carbonyl (C=O) groups excluding carboxylic acids is 1. The highest BCUT2D eigenvalue weighted by Gasteiger charge is 2.31. The van der Waals surface area contributed by atoms with Crippen molar-refractivity contribution >= 4 is 5.97 Å². The first kappa shape index (κ1) is 11.5. The molecule has 1 rings (SSSR count). The largest absolute Gasteiger partial charge is 0.461 e. The topological polar surface area (TPSA) is 61.5 Å². The molecule has 1 saturated heterocycles. The average molecular weight is 201 g/mol. The van der Waals surface area contributed by atoms with Gasteiger partial charge in [0.1, 0.15) is 0 Å². The number of hydrogen-bond donors (Lipinski definition) is 1. The minimum atomic E-state index is -0.391. The average Bonchev–Trinajstić information content (AvgIpc) is 2.65. The van der Waals surface area contributed by atoms with Crippen LogP contribution in [0.2, 0.25) is 0 Å². The molecule has 4 nitrogen and oxygen atoms in total. The molecule has 0 spiro atoms. The lowest BCUT2D eigenvalue weighted by Gasteiger charge is -2.15. The number of rotatable bonds is 4. The molecule has 0 amide bonds. The van der Waals surface area contributed by atoms with E-state index in [0.29, 0.717) is 6.54 Å². The van der Waals surface area contributed by atoms with E-state index in [-0.39, 0.29) is 18.2 Å². The Morgan fingerprint density at radius 3 is 2.86 bits per heavy atom. The summed E-state index contributed by atoms with van der Waals surface area (Å²) < 4.78 is 10.6. The van der Waals surface area contributed by atoms with E-state index in [4.69, 9.17) is 15.2 Å². The molecule has 1 heterocycles. The fraction of sp³-hybridized carbons (Fsp3) is 0.900. The number of esters is 1. The molecular weight excluding hydrogens is 182 g/mol. The van der Waals surface area contributed by atoms with Crippen molar-refractivity contribution in [2.75, 3.05) is 6.54 Å². The lowest BCUT2D eigenvalue weighted by molar-refractivity contribution is -0.160. The SMILES string of the molecule is CCC(C)OC(=O)C1CCC(CN)O1. The maximum atomic E-state index is 11.5. The molecule has 14 heavy (non-hydrogen) atoms. The van der Waals surface area contributed by atoms with Gasteiger partial charge in [-0.15, -0.1) is 0 Å². The summed E-state index contributed by atoms with van der Waals surface area (Å²) in [5.74, 6) is -0.240. The van der Waals surface area contributed by atoms with Crippen molar-refractivity contribution in [1.29, 1.82) is 0 Å². The van der Waals surface area contributed by atoms with Gasteiger partial charge < -0.3 is 15.2 Å². The Balaban J connectivity index is 2.32. The van der Waals surface area contributed by atoms with E-state index in [9.17, 15) is 4.79 Å². The second-order valence-corrected chi connectivity index (χ2v) is 3.72. The maximum Gasteiger partial charge on any atom is 0.335 e. The minimum Gasteiger partial charge on any atom is -0.461 e. The third-order valence-corrected chi connectivity index (χ3v) is 2.53. The number of ether oxygens (including phenoxy) is 2. The van der Waals surface area contributed by atoms with Gasteiger partial charge in [0.2, 0.25) is 0 Å². The van der Waals surface area contributed by atoms with Gasteiger partial charge in [-0.1, -0.05) is 6.92 Å². The maximum absolute atomic E-state index is 11.5. The van der Waals surface area contributed by atoms with Crippen LogP contribution in [0.25, 0.3) is 0 Å². The monoisotopic (exact) mass is 201 g/mol. The summed E-state index contributed by atoms with van der Waals surface area (Å²) in [6, 6.07) is 0. The predicted molar refractivity (Wildman–Crippen MR) is 52.8 cm³/mol. The Bertz CT molecular complexity index is 196. The molecule has 2 N–H and O–H groups in total. The summed E-state index contributed by atoms with van der Waals surface area (Å²) in [6.07, 6.45) is 2.04. The molecule has 0 aromatic rings. The summed E-state index contributed by atoms with van der Waals surface area (Å²) in [5, 5.41) is 0. The molecule has 0 aromatic carbocycles. The van der Waals surface area contributed by atoms with Crippen molar-refractivity contribution in [2.45, 2.75) is 51.4 Å². The summed E-state index contributed by atoms with van der Waals surface area (Å²) in [5.41, 5.74) is 5.45. The zero-order valence-electron chi connectivity index (χ0n) is 8.86. The van der Waals surface area contributed by atoms with Crippen LogP contribution in [0, 0.1) is 0 Å². The standard InChI is InChI=1S/C10H19NO3/c1-3-7(2)13-10(12)9-5-4-8(6-11)14-9/h7-9H,3-6,11H2,1-2H3. The predicted octanol–water partition coefficient (Wildman–Crippen LogP) is 0.834. The van der Waals surface area contributed by atoms with Crippen molar-refractivity contribution in [2.24, 2.45) is 5.73 Å². The number of carbonyl (C=O) groups is 1. The molecule has 1 aliphatic rings. The number of hydrogen-bond acceptors (Lipinski definition) is 4. The first-order chi connectivity index (χ1) is 6.67. The van der Waals surface area contributed by atoms with Crippen LogP contribution in [0.15, 0.2) is 0 Å². The normalized spacial score (nSPS) is 28.8. The Kier molecular flexibility index (Phi) is 4.35. The molecule has 0 radical (unpaired) electrons. The van der Waals surface area contributed by atoms with Crippen LogP contribution in [0.1, 0.15) is 33.1 Å². The summed E-state index contributed by atoms with van der Waals surface area (Å²) in [7, 11) is 0. The van der Waals surface area contributed by atoms with E-state index < -0.39 is 6.10 Å². The van der Waals surface area contributed by atoms with Gasteiger partial charge in [-0.25, -0.2) is 4.79 Å². The second kappa shape index (κ2) is 5.32. The molecule has 0 aliphatic carbocycles. The molecule has 4 heteroatoms. The molecule has 82 valence electrons. The van der Waals surface area contributed by atoms with E-state index in [2.05, 4.69) is 0 Å². The van der Waals surface area contributed by atoms with Crippen LogP contribution in [0.3, 0.4) is 0 Å². The third kappa shape index (κ3) is 2.96. The van der Waals surface area contributed by atoms with Crippen LogP contribution in [0.5, 0.6) is 0 Å². The van der Waals surface area contributed by atoms with Gasteiger partial charge in [0.25, 0.3) is 0 Å². The van der Waals surface area contributed by atoms with Gasteiger partial charge >= 0.3 is 5.97 Å². The van der Waals surface area contributed by atoms with E-state index in [1.807, 2.05) is 13.8 Å². The molecule has 1 fully saturated rings. The highest BCUT2D eigenvalue weighted by Crippen LogP contribution is 2.20. The highest BCUT2D eigenvalue weighted by atomic mass is 16.6. The Hall–Kier alpha value is -0.610. The highest BCUT2D eigenvalue weighted by molar-refractivity contribution is 5.75. The molecular formula is C10H19NO3. The zero-order valence-corrected chi connectivity index (χ0v) is 8.86. The van der Waals surface area contributed by atoms with E-state index in [1.54, 1.807) is 0 Å². The molecule has 0 saturated carbocycles. The molecule has 0 aromatic heterocycles. The van der Waals surface area contributed by atoms with Crippen LogP contribution in [-0.4, -0.2) is 30.8 Å². The fourth-order valence-electron chi connectivity index (χ4n) is 1.41. The Morgan fingerprint density at radius 2 is 2.36 bits per heavy atom. The van der Waals surface area contributed by atoms with Crippen LogP contribution in [-0.2, 0) is 14.3 Å². The van der Waals surface area contributed by atoms with E-state index in [1.165, 1.54) is 0 Å². The summed E-state index contributed by atoms with van der Waals surface area (Å²) >= 11 is 0. The van der Waals surface area contributed by atoms with E-state index >= 15 is 0 Å². The molecule has 0 bridgehead atoms. The van der Waals surface area contributed by atoms with Crippen molar-refractivity contribution < 1.29 is 14.3 Å². The van der Waals surface area contributed by atoms with Gasteiger partial charge in [-0.3, -0.25) is 0 Å². The van der Waals surface area contributed by atoms with Gasteiger partial charge in [-0.05, 0) is 26.2 Å². The first-order valence-corrected chi connectivity index (χ1v) is 5.23. The van der Waals surface area contributed by atoms with Crippen molar-refractivity contribution in [3.05, 3.63) is 0 Å². The van der Waals surface area contributed by atoms with Crippen LogP contribution >= 0.6 is 0 Å². The van der Waals surface area contributed by atoms with E-state index in [0.717, 1.165) is 19.3 Å². The summed E-state index contributed by atoms with van der Waals surface area (Å²) in [6.45, 7) is 4.34. The molecule has 1 aliphatic heterocycles. The van der Waals surface area contributed by atoms with Crippen molar-refractivity contribution in [3.8, 4) is 0 Å². The molecule has 3 unspecified atom stereocenters. The second-order valence-electron chi connectivity index (χ2n) is 3.72.